The quantitative estimate of drug-likeness (QED) is 0.717. The van der Waals surface area contributed by atoms with E-state index in [1.807, 2.05) is 23.1 Å². The number of carbonyl (C=O) groups excluding carboxylic acids is 1. The van der Waals surface area contributed by atoms with E-state index in [0.717, 1.165) is 28.6 Å². The van der Waals surface area contributed by atoms with Crippen molar-refractivity contribution < 1.29 is 19.0 Å². The Balaban J connectivity index is 1.71. The van der Waals surface area contributed by atoms with Gasteiger partial charge in [0.1, 0.15) is 0 Å². The number of nitrogens with zero attached hydrogens (tertiary/aromatic N) is 1. The second-order valence-electron chi connectivity index (χ2n) is 6.63. The first-order valence-electron chi connectivity index (χ1n) is 8.94. The van der Waals surface area contributed by atoms with Gasteiger partial charge in [-0.3, -0.25) is 4.79 Å². The summed E-state index contributed by atoms with van der Waals surface area (Å²) in [5.41, 5.74) is 3.74. The molecule has 0 unspecified atom stereocenters. The fourth-order valence-corrected chi connectivity index (χ4v) is 3.97. The number of benzene rings is 2. The van der Waals surface area contributed by atoms with Crippen molar-refractivity contribution >= 4 is 28.4 Å². The van der Waals surface area contributed by atoms with Crippen molar-refractivity contribution in [2.45, 2.75) is 13.0 Å². The molecule has 28 heavy (non-hydrogen) atoms. The lowest BCUT2D eigenvalue weighted by Gasteiger charge is -2.28. The van der Waals surface area contributed by atoms with Crippen molar-refractivity contribution in [1.82, 2.24) is 9.88 Å². The fraction of sp³-hybridized carbons (Fsp3) is 0.286. The average molecular weight is 401 g/mol. The zero-order chi connectivity index (χ0) is 19.8. The maximum Gasteiger partial charge on any atom is 0.258 e. The van der Waals surface area contributed by atoms with Crippen LogP contribution < -0.4 is 14.2 Å². The van der Waals surface area contributed by atoms with Crippen LogP contribution >= 0.6 is 11.6 Å². The van der Waals surface area contributed by atoms with E-state index in [9.17, 15) is 4.79 Å². The van der Waals surface area contributed by atoms with Gasteiger partial charge in [-0.2, -0.15) is 0 Å². The number of fused-ring (bicyclic) bond motifs is 3. The van der Waals surface area contributed by atoms with Crippen LogP contribution in [0.3, 0.4) is 0 Å². The third kappa shape index (κ3) is 2.94. The summed E-state index contributed by atoms with van der Waals surface area (Å²) in [5.74, 6) is 1.19. The third-order valence-corrected chi connectivity index (χ3v) is 5.39. The van der Waals surface area contributed by atoms with Gasteiger partial charge in [0.25, 0.3) is 5.91 Å². The molecule has 146 valence electrons. The third-order valence-electron chi connectivity index (χ3n) is 5.16. The first kappa shape index (κ1) is 18.5. The van der Waals surface area contributed by atoms with Gasteiger partial charge in [0, 0.05) is 46.7 Å². The average Bonchev–Trinajstić information content (AvgIpc) is 3.08. The minimum Gasteiger partial charge on any atom is -0.493 e. The van der Waals surface area contributed by atoms with Gasteiger partial charge in [0.15, 0.2) is 11.5 Å². The van der Waals surface area contributed by atoms with Crippen molar-refractivity contribution in [2.24, 2.45) is 0 Å². The maximum absolute atomic E-state index is 13.3. The molecule has 2 aromatic carbocycles. The number of hydrogen-bond acceptors (Lipinski definition) is 4. The summed E-state index contributed by atoms with van der Waals surface area (Å²) in [6.45, 7) is 1.12. The molecule has 6 nitrogen and oxygen atoms in total. The van der Waals surface area contributed by atoms with Crippen LogP contribution in [0.1, 0.15) is 21.6 Å². The Morgan fingerprint density at radius 1 is 1.07 bits per heavy atom. The van der Waals surface area contributed by atoms with E-state index in [2.05, 4.69) is 4.98 Å². The summed E-state index contributed by atoms with van der Waals surface area (Å²) in [7, 11) is 4.59. The van der Waals surface area contributed by atoms with Crippen LogP contribution in [0.4, 0.5) is 0 Å². The lowest BCUT2D eigenvalue weighted by atomic mass is 10.0. The highest BCUT2D eigenvalue weighted by Gasteiger charge is 2.28. The van der Waals surface area contributed by atoms with E-state index in [1.165, 1.54) is 14.2 Å². The number of ether oxygens (including phenoxy) is 3. The topological polar surface area (TPSA) is 63.8 Å². The van der Waals surface area contributed by atoms with Crippen LogP contribution in [0.5, 0.6) is 17.2 Å². The predicted molar refractivity (Wildman–Crippen MR) is 108 cm³/mol. The zero-order valence-corrected chi connectivity index (χ0v) is 16.7. The Bertz CT molecular complexity index is 1060. The van der Waals surface area contributed by atoms with E-state index < -0.39 is 0 Å². The number of methoxy groups -OCH3 is 3. The van der Waals surface area contributed by atoms with Crippen molar-refractivity contribution in [3.8, 4) is 17.2 Å². The van der Waals surface area contributed by atoms with Crippen LogP contribution in [0, 0.1) is 0 Å². The molecule has 0 spiro atoms. The predicted octanol–water partition coefficient (Wildman–Crippen LogP) is 4.05. The summed E-state index contributed by atoms with van der Waals surface area (Å²) >= 11 is 6.18. The lowest BCUT2D eigenvalue weighted by molar-refractivity contribution is 0.0731. The molecule has 1 aromatic heterocycles. The second-order valence-corrected chi connectivity index (χ2v) is 7.07. The first-order valence-corrected chi connectivity index (χ1v) is 9.32. The molecule has 4 rings (SSSR count). The van der Waals surface area contributed by atoms with Gasteiger partial charge in [-0.25, -0.2) is 0 Å². The van der Waals surface area contributed by atoms with Crippen LogP contribution in [-0.4, -0.2) is 43.7 Å². The Morgan fingerprint density at radius 3 is 2.57 bits per heavy atom. The highest BCUT2D eigenvalue weighted by atomic mass is 35.5. The lowest BCUT2D eigenvalue weighted by Crippen LogP contribution is -2.36. The van der Waals surface area contributed by atoms with E-state index in [4.69, 9.17) is 25.8 Å². The Morgan fingerprint density at radius 2 is 1.86 bits per heavy atom. The molecule has 1 aliphatic heterocycles. The summed E-state index contributed by atoms with van der Waals surface area (Å²) in [6, 6.07) is 9.21. The van der Waals surface area contributed by atoms with Crippen molar-refractivity contribution in [2.75, 3.05) is 27.9 Å². The molecule has 0 aliphatic carbocycles. The zero-order valence-electron chi connectivity index (χ0n) is 16.0. The standard InChI is InChI=1S/C21H21ClN2O4/c1-26-18-7-5-13(19(27-2)20(18)28-3)21(25)24-9-8-17-15(11-24)14-10-12(22)4-6-16(14)23-17/h4-7,10,23H,8-9,11H2,1-3H3. The van der Waals surface area contributed by atoms with E-state index in [0.29, 0.717) is 40.9 Å². The van der Waals surface area contributed by atoms with Gasteiger partial charge in [-0.15, -0.1) is 0 Å². The molecular formula is C21H21ClN2O4. The molecule has 2 heterocycles. The van der Waals surface area contributed by atoms with Gasteiger partial charge >= 0.3 is 0 Å². The molecule has 0 atom stereocenters. The van der Waals surface area contributed by atoms with Gasteiger partial charge in [-0.05, 0) is 30.3 Å². The van der Waals surface area contributed by atoms with Gasteiger partial charge in [0.2, 0.25) is 5.75 Å². The molecule has 1 N–H and O–H groups in total. The smallest absolute Gasteiger partial charge is 0.258 e. The van der Waals surface area contributed by atoms with E-state index >= 15 is 0 Å². The van der Waals surface area contributed by atoms with Gasteiger partial charge in [0.05, 0.1) is 26.9 Å². The highest BCUT2D eigenvalue weighted by Crippen LogP contribution is 2.40. The molecule has 0 saturated carbocycles. The first-order chi connectivity index (χ1) is 13.6. The van der Waals surface area contributed by atoms with E-state index in [-0.39, 0.29) is 5.91 Å². The Hall–Kier alpha value is -2.86. The molecule has 0 radical (unpaired) electrons. The Labute approximate surface area is 167 Å². The molecule has 1 amide bonds. The number of nitrogens with one attached hydrogen (secondary N) is 1. The minimum atomic E-state index is -0.111. The Kier molecular flexibility index (Phi) is 4.81. The highest BCUT2D eigenvalue weighted by molar-refractivity contribution is 6.31. The number of rotatable bonds is 4. The largest absolute Gasteiger partial charge is 0.493 e. The number of aromatic amines is 1. The second kappa shape index (κ2) is 7.28. The van der Waals surface area contributed by atoms with Crippen molar-refractivity contribution in [3.05, 3.63) is 52.2 Å². The monoisotopic (exact) mass is 400 g/mol. The summed E-state index contributed by atoms with van der Waals surface area (Å²) in [6.07, 6.45) is 0.753. The SMILES string of the molecule is COc1ccc(C(=O)N2CCc3[nH]c4ccc(Cl)cc4c3C2)c(OC)c1OC. The van der Waals surface area contributed by atoms with Crippen molar-refractivity contribution in [3.63, 3.8) is 0 Å². The fourth-order valence-electron chi connectivity index (χ4n) is 3.80. The van der Waals surface area contributed by atoms with Crippen molar-refractivity contribution in [1.29, 1.82) is 0 Å². The molecule has 3 aromatic rings. The number of amides is 1. The van der Waals surface area contributed by atoms with Crippen LogP contribution in [-0.2, 0) is 13.0 Å². The summed E-state index contributed by atoms with van der Waals surface area (Å²) in [4.78, 5) is 18.6. The molecule has 0 fully saturated rings. The van der Waals surface area contributed by atoms with Gasteiger partial charge < -0.3 is 24.1 Å². The van der Waals surface area contributed by atoms with Crippen LogP contribution in [0.2, 0.25) is 5.02 Å². The van der Waals surface area contributed by atoms with E-state index in [1.54, 1.807) is 19.2 Å². The van der Waals surface area contributed by atoms with Crippen LogP contribution in [0.15, 0.2) is 30.3 Å². The molecular weight excluding hydrogens is 380 g/mol. The number of carbonyl (C=O) groups is 1. The molecule has 0 bridgehead atoms. The number of aromatic nitrogens is 1. The normalized spacial score (nSPS) is 13.4. The number of halogens is 1. The summed E-state index contributed by atoms with van der Waals surface area (Å²) in [5, 5.41) is 1.73. The maximum atomic E-state index is 13.3. The summed E-state index contributed by atoms with van der Waals surface area (Å²) < 4.78 is 16.2. The number of hydrogen-bond donors (Lipinski definition) is 1. The van der Waals surface area contributed by atoms with Crippen LogP contribution in [0.25, 0.3) is 10.9 Å². The molecule has 0 saturated heterocycles. The number of H-pyrrole nitrogens is 1. The molecule has 1 aliphatic rings. The van der Waals surface area contributed by atoms with Gasteiger partial charge in [-0.1, -0.05) is 11.6 Å². The molecule has 7 heteroatoms. The minimum absolute atomic E-state index is 0.111.